The van der Waals surface area contributed by atoms with Gasteiger partial charge in [0.25, 0.3) is 0 Å². The Labute approximate surface area is 96.4 Å². The van der Waals surface area contributed by atoms with E-state index in [0.717, 1.165) is 51.9 Å². The lowest BCUT2D eigenvalue weighted by molar-refractivity contribution is -0.158. The van der Waals surface area contributed by atoms with Gasteiger partial charge in [-0.15, -0.1) is 0 Å². The predicted octanol–water partition coefficient (Wildman–Crippen LogP) is 0.831. The van der Waals surface area contributed by atoms with Crippen molar-refractivity contribution in [3.05, 3.63) is 0 Å². The monoisotopic (exact) mass is 227 g/mol. The smallest absolute Gasteiger partial charge is 0.0961 e. The second-order valence-electron chi connectivity index (χ2n) is 5.44. The van der Waals surface area contributed by atoms with E-state index in [2.05, 4.69) is 0 Å². The van der Waals surface area contributed by atoms with Crippen molar-refractivity contribution in [2.75, 3.05) is 19.8 Å². The average molecular weight is 227 g/mol. The van der Waals surface area contributed by atoms with E-state index >= 15 is 0 Å². The summed E-state index contributed by atoms with van der Waals surface area (Å²) in [6.07, 6.45) is 5.86. The molecule has 2 atom stereocenters. The molecule has 3 rings (SSSR count). The van der Waals surface area contributed by atoms with Crippen LogP contribution in [0.15, 0.2) is 0 Å². The van der Waals surface area contributed by atoms with Crippen LogP contribution in [-0.4, -0.2) is 43.7 Å². The standard InChI is InChI=1S/C12H21NO3/c13-9-5-11(6-9)16-10-1-3-15-12(7-10)2-4-14-8-12/h9-11H,1-8,13H2. The minimum absolute atomic E-state index is 0.0330. The van der Waals surface area contributed by atoms with Gasteiger partial charge in [-0.3, -0.25) is 0 Å². The summed E-state index contributed by atoms with van der Waals surface area (Å²) in [5.74, 6) is 0. The number of rotatable bonds is 2. The van der Waals surface area contributed by atoms with Crippen molar-refractivity contribution in [2.45, 2.75) is 56.0 Å². The Morgan fingerprint density at radius 3 is 2.75 bits per heavy atom. The highest BCUT2D eigenvalue weighted by molar-refractivity contribution is 4.92. The Hall–Kier alpha value is -0.160. The Balaban J connectivity index is 1.52. The molecule has 16 heavy (non-hydrogen) atoms. The summed E-state index contributed by atoms with van der Waals surface area (Å²) in [7, 11) is 0. The van der Waals surface area contributed by atoms with E-state index in [1.165, 1.54) is 0 Å². The van der Waals surface area contributed by atoms with E-state index in [1.807, 2.05) is 0 Å². The lowest BCUT2D eigenvalue weighted by Crippen LogP contribution is -2.48. The second kappa shape index (κ2) is 4.26. The molecule has 2 aliphatic heterocycles. The topological polar surface area (TPSA) is 53.7 Å². The summed E-state index contributed by atoms with van der Waals surface area (Å²) >= 11 is 0. The molecule has 0 bridgehead atoms. The molecule has 0 amide bonds. The SMILES string of the molecule is NC1CC(OC2CCOC3(CCOC3)C2)C1. The molecule has 0 aromatic heterocycles. The molecule has 1 aliphatic carbocycles. The number of hydrogen-bond donors (Lipinski definition) is 1. The van der Waals surface area contributed by atoms with Crippen LogP contribution in [0.4, 0.5) is 0 Å². The van der Waals surface area contributed by atoms with Crippen LogP contribution in [-0.2, 0) is 14.2 Å². The Kier molecular flexibility index (Phi) is 2.92. The molecule has 2 N–H and O–H groups in total. The molecule has 0 aromatic carbocycles. The number of ether oxygens (including phenoxy) is 3. The third kappa shape index (κ3) is 2.12. The molecule has 1 saturated carbocycles. The van der Waals surface area contributed by atoms with Crippen LogP contribution in [0.25, 0.3) is 0 Å². The molecule has 92 valence electrons. The first-order valence-electron chi connectivity index (χ1n) is 6.39. The fourth-order valence-corrected chi connectivity index (χ4v) is 2.95. The first kappa shape index (κ1) is 11.0. The third-order valence-corrected chi connectivity index (χ3v) is 4.03. The fraction of sp³-hybridized carbons (Fsp3) is 1.00. The lowest BCUT2D eigenvalue weighted by atomic mass is 9.88. The summed E-state index contributed by atoms with van der Waals surface area (Å²) in [6, 6.07) is 0.369. The van der Waals surface area contributed by atoms with Gasteiger partial charge in [-0.25, -0.2) is 0 Å². The Morgan fingerprint density at radius 2 is 2.06 bits per heavy atom. The van der Waals surface area contributed by atoms with Crippen LogP contribution in [0.3, 0.4) is 0 Å². The van der Waals surface area contributed by atoms with Crippen LogP contribution in [0.5, 0.6) is 0 Å². The molecule has 4 heteroatoms. The number of nitrogens with two attached hydrogens (primary N) is 1. The second-order valence-corrected chi connectivity index (χ2v) is 5.44. The fourth-order valence-electron chi connectivity index (χ4n) is 2.95. The van der Waals surface area contributed by atoms with Gasteiger partial charge in [0.1, 0.15) is 0 Å². The summed E-state index contributed by atoms with van der Waals surface area (Å²) in [6.45, 7) is 2.39. The van der Waals surface area contributed by atoms with Gasteiger partial charge in [0.05, 0.1) is 24.4 Å². The van der Waals surface area contributed by atoms with E-state index in [-0.39, 0.29) is 5.60 Å². The quantitative estimate of drug-likeness (QED) is 0.759. The maximum atomic E-state index is 6.07. The molecule has 2 heterocycles. The summed E-state index contributed by atoms with van der Waals surface area (Å²) in [4.78, 5) is 0. The molecule has 0 aromatic rings. The van der Waals surface area contributed by atoms with Crippen LogP contribution in [0.2, 0.25) is 0 Å². The van der Waals surface area contributed by atoms with E-state index in [9.17, 15) is 0 Å². The zero-order valence-corrected chi connectivity index (χ0v) is 9.69. The summed E-state index contributed by atoms with van der Waals surface area (Å²) < 4.78 is 17.4. The molecule has 2 saturated heterocycles. The van der Waals surface area contributed by atoms with Gasteiger partial charge in [0.2, 0.25) is 0 Å². The largest absolute Gasteiger partial charge is 0.378 e. The van der Waals surface area contributed by atoms with Gasteiger partial charge >= 0.3 is 0 Å². The minimum atomic E-state index is -0.0330. The molecule has 1 spiro atoms. The van der Waals surface area contributed by atoms with Crippen molar-refractivity contribution in [3.63, 3.8) is 0 Å². The summed E-state index contributed by atoms with van der Waals surface area (Å²) in [5, 5.41) is 0. The van der Waals surface area contributed by atoms with Crippen molar-refractivity contribution in [3.8, 4) is 0 Å². The zero-order valence-electron chi connectivity index (χ0n) is 9.69. The van der Waals surface area contributed by atoms with Gasteiger partial charge in [0, 0.05) is 32.1 Å². The van der Waals surface area contributed by atoms with E-state index in [4.69, 9.17) is 19.9 Å². The molecule has 3 aliphatic rings. The minimum Gasteiger partial charge on any atom is -0.378 e. The van der Waals surface area contributed by atoms with Crippen molar-refractivity contribution >= 4 is 0 Å². The lowest BCUT2D eigenvalue weighted by Gasteiger charge is -2.41. The van der Waals surface area contributed by atoms with E-state index < -0.39 is 0 Å². The van der Waals surface area contributed by atoms with Gasteiger partial charge in [-0.2, -0.15) is 0 Å². The van der Waals surface area contributed by atoms with Crippen molar-refractivity contribution < 1.29 is 14.2 Å². The highest BCUT2D eigenvalue weighted by atomic mass is 16.6. The predicted molar refractivity (Wildman–Crippen MR) is 59.2 cm³/mol. The maximum Gasteiger partial charge on any atom is 0.0961 e. The normalized spacial score (nSPS) is 48.2. The molecule has 2 unspecified atom stereocenters. The average Bonchev–Trinajstić information content (AvgIpc) is 2.64. The van der Waals surface area contributed by atoms with Crippen LogP contribution in [0, 0.1) is 0 Å². The van der Waals surface area contributed by atoms with Gasteiger partial charge < -0.3 is 19.9 Å². The summed E-state index contributed by atoms with van der Waals surface area (Å²) in [5.41, 5.74) is 5.73. The third-order valence-electron chi connectivity index (χ3n) is 4.03. The Morgan fingerprint density at radius 1 is 1.19 bits per heavy atom. The molecular weight excluding hydrogens is 206 g/mol. The van der Waals surface area contributed by atoms with E-state index in [1.54, 1.807) is 0 Å². The molecular formula is C12H21NO3. The van der Waals surface area contributed by atoms with Gasteiger partial charge in [0.15, 0.2) is 0 Å². The van der Waals surface area contributed by atoms with Crippen molar-refractivity contribution in [2.24, 2.45) is 5.73 Å². The van der Waals surface area contributed by atoms with Crippen molar-refractivity contribution in [1.29, 1.82) is 0 Å². The van der Waals surface area contributed by atoms with E-state index in [0.29, 0.717) is 18.2 Å². The first-order chi connectivity index (χ1) is 7.76. The Bertz CT molecular complexity index is 247. The number of hydrogen-bond acceptors (Lipinski definition) is 4. The molecule has 3 fully saturated rings. The van der Waals surface area contributed by atoms with Crippen LogP contribution < -0.4 is 5.73 Å². The first-order valence-corrected chi connectivity index (χ1v) is 6.39. The molecule has 0 radical (unpaired) electrons. The van der Waals surface area contributed by atoms with Crippen LogP contribution >= 0.6 is 0 Å². The van der Waals surface area contributed by atoms with Gasteiger partial charge in [-0.1, -0.05) is 0 Å². The maximum absolute atomic E-state index is 6.07. The van der Waals surface area contributed by atoms with Crippen molar-refractivity contribution in [1.82, 2.24) is 0 Å². The van der Waals surface area contributed by atoms with Crippen LogP contribution in [0.1, 0.15) is 32.1 Å². The molecule has 4 nitrogen and oxygen atoms in total. The van der Waals surface area contributed by atoms with Gasteiger partial charge in [-0.05, 0) is 19.3 Å². The highest BCUT2D eigenvalue weighted by Crippen LogP contribution is 2.35. The zero-order chi connectivity index (χ0) is 11.0. The highest BCUT2D eigenvalue weighted by Gasteiger charge is 2.42.